The molecule has 6 N–H and O–H groups in total. The third-order valence-corrected chi connectivity index (χ3v) is 8.71. The van der Waals surface area contributed by atoms with Crippen molar-refractivity contribution in [2.45, 2.75) is 31.6 Å². The minimum absolute atomic E-state index is 0.0541. The highest BCUT2D eigenvalue weighted by atomic mass is 16.6. The molecule has 280 valence electrons. The Balaban J connectivity index is 0.935. The summed E-state index contributed by atoms with van der Waals surface area (Å²) in [6.45, 7) is 6.89. The normalized spacial score (nSPS) is 16.3. The molecule has 0 aliphatic heterocycles. The van der Waals surface area contributed by atoms with E-state index in [2.05, 4.69) is 20.4 Å². The topological polar surface area (TPSA) is 205 Å². The van der Waals surface area contributed by atoms with Crippen LogP contribution in [0.4, 0.5) is 5.82 Å². The molecule has 0 bridgehead atoms. The van der Waals surface area contributed by atoms with Crippen LogP contribution in [0.3, 0.4) is 0 Å². The maximum atomic E-state index is 12.9. The molecule has 1 saturated carbocycles. The number of aromatic amines is 1. The highest BCUT2D eigenvalue weighted by molar-refractivity contribution is 5.93. The molecule has 0 radical (unpaired) electrons. The summed E-state index contributed by atoms with van der Waals surface area (Å²) in [4.78, 5) is 25.7. The van der Waals surface area contributed by atoms with Gasteiger partial charge in [-0.1, -0.05) is 12.1 Å². The van der Waals surface area contributed by atoms with E-state index in [9.17, 15) is 4.79 Å². The summed E-state index contributed by atoms with van der Waals surface area (Å²) in [7, 11) is 1.65. The molecule has 3 heterocycles. The van der Waals surface area contributed by atoms with E-state index in [1.807, 2.05) is 24.3 Å². The molecule has 5 rings (SSSR count). The molecule has 0 saturated heterocycles. The Kier molecular flexibility index (Phi) is 15.7. The number of anilines is 1. The van der Waals surface area contributed by atoms with E-state index in [4.69, 9.17) is 49.6 Å². The Morgan fingerprint density at radius 3 is 2.10 bits per heavy atom. The second-order valence-electron chi connectivity index (χ2n) is 12.1. The summed E-state index contributed by atoms with van der Waals surface area (Å²) in [5, 5.41) is 8.55. The van der Waals surface area contributed by atoms with Crippen molar-refractivity contribution < 1.29 is 38.0 Å². The van der Waals surface area contributed by atoms with Gasteiger partial charge in [0.2, 0.25) is 5.91 Å². The molecule has 1 aromatic carbocycles. The standard InChI is InChI=1S/C35H52N8O8/c1-45-29-4-2-3-27-23-28(41-30(27)29)31-32-33(37)39-24-40-43(32)34(42-31)25-5-7-26(8-6-25)35(44)38-10-12-47-14-16-49-18-20-51-22-21-50-19-17-48-15-13-46-11-9-36/h2-4,23-26,41H,5-22,36H2,1H3,(H,38,44)(H2,37,39,40)/t25-,26-. The minimum atomic E-state index is -0.0541. The molecule has 1 amide bonds. The fraction of sp³-hybridized carbons (Fsp3) is 0.600. The summed E-state index contributed by atoms with van der Waals surface area (Å²) in [5.41, 5.74) is 14.8. The van der Waals surface area contributed by atoms with Crippen molar-refractivity contribution in [3.8, 4) is 17.1 Å². The molecule has 1 fully saturated rings. The van der Waals surface area contributed by atoms with Crippen LogP contribution in [0.15, 0.2) is 30.6 Å². The first-order valence-electron chi connectivity index (χ1n) is 17.7. The number of carbonyl (C=O) groups is 1. The molecule has 51 heavy (non-hydrogen) atoms. The van der Waals surface area contributed by atoms with Crippen LogP contribution in [0, 0.1) is 5.92 Å². The fourth-order valence-corrected chi connectivity index (χ4v) is 6.14. The zero-order chi connectivity index (χ0) is 35.7. The van der Waals surface area contributed by atoms with Crippen LogP contribution < -0.4 is 21.5 Å². The highest BCUT2D eigenvalue weighted by Gasteiger charge is 2.31. The molecule has 0 unspecified atom stereocenters. The first-order chi connectivity index (χ1) is 25.1. The lowest BCUT2D eigenvalue weighted by molar-refractivity contribution is -0.126. The number of hydrogen-bond donors (Lipinski definition) is 4. The zero-order valence-electron chi connectivity index (χ0n) is 29.5. The van der Waals surface area contributed by atoms with Gasteiger partial charge in [-0.2, -0.15) is 5.10 Å². The van der Waals surface area contributed by atoms with Crippen LogP contribution in [-0.4, -0.2) is 130 Å². The first kappa shape index (κ1) is 38.3. The molecular weight excluding hydrogens is 660 g/mol. The van der Waals surface area contributed by atoms with Gasteiger partial charge in [0.1, 0.15) is 29.1 Å². The van der Waals surface area contributed by atoms with Crippen molar-refractivity contribution in [3.63, 3.8) is 0 Å². The second kappa shape index (κ2) is 20.8. The van der Waals surface area contributed by atoms with Gasteiger partial charge < -0.3 is 54.9 Å². The van der Waals surface area contributed by atoms with Gasteiger partial charge in [-0.3, -0.25) is 4.79 Å². The molecule has 16 nitrogen and oxygen atoms in total. The Bertz CT molecular complexity index is 1620. The Morgan fingerprint density at radius 2 is 1.49 bits per heavy atom. The lowest BCUT2D eigenvalue weighted by Gasteiger charge is -2.26. The Morgan fingerprint density at radius 1 is 0.882 bits per heavy atom. The van der Waals surface area contributed by atoms with Gasteiger partial charge in [0.05, 0.1) is 97.6 Å². The predicted octanol–water partition coefficient (Wildman–Crippen LogP) is 2.31. The quantitative estimate of drug-likeness (QED) is 0.0771. The number of para-hydroxylation sites is 1. The number of aromatic nitrogens is 5. The molecule has 1 aliphatic rings. The van der Waals surface area contributed by atoms with E-state index >= 15 is 0 Å². The molecule has 0 spiro atoms. The molecular formula is C35H52N8O8. The Hall–Kier alpha value is -3.90. The van der Waals surface area contributed by atoms with Crippen molar-refractivity contribution in [3.05, 3.63) is 36.4 Å². The third kappa shape index (κ3) is 11.0. The summed E-state index contributed by atoms with van der Waals surface area (Å²) < 4.78 is 40.1. The number of nitrogens with one attached hydrogen (secondary N) is 2. The number of methoxy groups -OCH3 is 1. The van der Waals surface area contributed by atoms with E-state index in [1.165, 1.54) is 6.33 Å². The second-order valence-corrected chi connectivity index (χ2v) is 12.1. The van der Waals surface area contributed by atoms with Crippen molar-refractivity contribution in [1.29, 1.82) is 0 Å². The first-order valence-corrected chi connectivity index (χ1v) is 17.7. The van der Waals surface area contributed by atoms with Crippen molar-refractivity contribution in [2.24, 2.45) is 11.7 Å². The number of ether oxygens (including phenoxy) is 7. The average molecular weight is 713 g/mol. The van der Waals surface area contributed by atoms with E-state index in [-0.39, 0.29) is 17.7 Å². The number of nitrogen functional groups attached to an aromatic ring is 1. The van der Waals surface area contributed by atoms with Crippen LogP contribution in [0.1, 0.15) is 37.4 Å². The van der Waals surface area contributed by atoms with Gasteiger partial charge in [0.15, 0.2) is 5.82 Å². The van der Waals surface area contributed by atoms with E-state index in [0.717, 1.165) is 53.9 Å². The van der Waals surface area contributed by atoms with Gasteiger partial charge in [-0.15, -0.1) is 0 Å². The number of hydrogen-bond acceptors (Lipinski definition) is 13. The van der Waals surface area contributed by atoms with E-state index < -0.39 is 0 Å². The van der Waals surface area contributed by atoms with Crippen LogP contribution in [0.5, 0.6) is 5.75 Å². The number of amides is 1. The maximum absolute atomic E-state index is 12.9. The number of nitrogens with two attached hydrogens (primary N) is 2. The molecule has 3 aromatic heterocycles. The van der Waals surface area contributed by atoms with Crippen LogP contribution in [-0.2, 0) is 33.2 Å². The van der Waals surface area contributed by atoms with Crippen LogP contribution in [0.25, 0.3) is 27.8 Å². The van der Waals surface area contributed by atoms with Gasteiger partial charge in [-0.25, -0.2) is 14.5 Å². The Labute approximate surface area is 297 Å². The van der Waals surface area contributed by atoms with Gasteiger partial charge >= 0.3 is 0 Å². The summed E-state index contributed by atoms with van der Waals surface area (Å²) in [6.07, 6.45) is 4.60. The summed E-state index contributed by atoms with van der Waals surface area (Å²) in [6, 6.07) is 7.92. The average Bonchev–Trinajstić information content (AvgIpc) is 3.77. The lowest BCUT2D eigenvalue weighted by Crippen LogP contribution is -2.35. The van der Waals surface area contributed by atoms with Crippen molar-refractivity contribution in [2.75, 3.05) is 105 Å². The zero-order valence-corrected chi connectivity index (χ0v) is 29.5. The molecule has 4 aromatic rings. The lowest BCUT2D eigenvalue weighted by atomic mass is 9.81. The van der Waals surface area contributed by atoms with Crippen molar-refractivity contribution in [1.82, 2.24) is 29.9 Å². The highest BCUT2D eigenvalue weighted by Crippen LogP contribution is 2.39. The van der Waals surface area contributed by atoms with Gasteiger partial charge in [0.25, 0.3) is 0 Å². The van der Waals surface area contributed by atoms with Gasteiger partial charge in [-0.05, 0) is 37.8 Å². The molecule has 16 heteroatoms. The predicted molar refractivity (Wildman–Crippen MR) is 191 cm³/mol. The van der Waals surface area contributed by atoms with E-state index in [1.54, 1.807) is 11.6 Å². The number of benzene rings is 1. The fourth-order valence-electron chi connectivity index (χ4n) is 6.14. The van der Waals surface area contributed by atoms with E-state index in [0.29, 0.717) is 109 Å². The summed E-state index contributed by atoms with van der Waals surface area (Å²) >= 11 is 0. The molecule has 1 aliphatic carbocycles. The van der Waals surface area contributed by atoms with Crippen LogP contribution in [0.2, 0.25) is 0 Å². The SMILES string of the molecule is COc1cccc2cc(-c3nc([C@H]4CC[C@H](C(=O)NCCOCCOCCOCCOCCOCCOCCN)CC4)n4ncnc(N)c34)[nH]c12. The monoisotopic (exact) mass is 712 g/mol. The maximum Gasteiger partial charge on any atom is 0.223 e. The third-order valence-electron chi connectivity index (χ3n) is 8.71. The minimum Gasteiger partial charge on any atom is -0.495 e. The number of imidazole rings is 1. The summed E-state index contributed by atoms with van der Waals surface area (Å²) in [5.74, 6) is 2.07. The number of fused-ring (bicyclic) bond motifs is 2. The number of nitrogens with zero attached hydrogens (tertiary/aromatic N) is 4. The number of carbonyl (C=O) groups excluding carboxylic acids is 1. The van der Waals surface area contributed by atoms with Crippen LogP contribution >= 0.6 is 0 Å². The van der Waals surface area contributed by atoms with Crippen molar-refractivity contribution >= 4 is 28.1 Å². The number of H-pyrrole nitrogens is 1. The molecule has 0 atom stereocenters. The smallest absolute Gasteiger partial charge is 0.223 e. The van der Waals surface area contributed by atoms with Gasteiger partial charge in [0, 0.05) is 30.3 Å². The number of rotatable bonds is 24. The largest absolute Gasteiger partial charge is 0.495 e.